The van der Waals surface area contributed by atoms with Crippen molar-refractivity contribution in [2.45, 2.75) is 19.4 Å². The van der Waals surface area contributed by atoms with E-state index in [0.717, 1.165) is 54.2 Å². The van der Waals surface area contributed by atoms with E-state index in [-0.39, 0.29) is 17.6 Å². The summed E-state index contributed by atoms with van der Waals surface area (Å²) in [7, 11) is 0. The molecule has 1 amide bonds. The number of halogens is 2. The number of anilines is 1. The lowest BCUT2D eigenvalue weighted by atomic mass is 9.96. The summed E-state index contributed by atoms with van der Waals surface area (Å²) in [5, 5.41) is 3.58. The molecule has 0 spiro atoms. The van der Waals surface area contributed by atoms with Gasteiger partial charge in [-0.2, -0.15) is 0 Å². The fourth-order valence-corrected chi connectivity index (χ4v) is 4.61. The minimum Gasteiger partial charge on any atom is -0.326 e. The second-order valence-electron chi connectivity index (χ2n) is 8.38. The molecule has 3 aromatic carbocycles. The summed E-state index contributed by atoms with van der Waals surface area (Å²) in [5.41, 5.74) is 3.52. The van der Waals surface area contributed by atoms with Crippen LogP contribution in [-0.4, -0.2) is 33.4 Å². The Morgan fingerprint density at radius 1 is 1.03 bits per heavy atom. The quantitative estimate of drug-likeness (QED) is 0.416. The van der Waals surface area contributed by atoms with Crippen LogP contribution in [0.25, 0.3) is 16.7 Å². The number of carbonyl (C=O) groups excluding carboxylic acids is 1. The van der Waals surface area contributed by atoms with Crippen molar-refractivity contribution in [3.8, 4) is 5.69 Å². The van der Waals surface area contributed by atoms with Crippen LogP contribution in [0, 0.1) is 11.7 Å². The average Bonchev–Trinajstić information content (AvgIpc) is 3.18. The Hall–Kier alpha value is -3.22. The first-order valence-electron chi connectivity index (χ1n) is 11.1. The molecule has 2 heterocycles. The van der Waals surface area contributed by atoms with Crippen molar-refractivity contribution in [2.24, 2.45) is 5.92 Å². The van der Waals surface area contributed by atoms with Gasteiger partial charge in [0.15, 0.2) is 0 Å². The number of amides is 1. The Morgan fingerprint density at radius 2 is 1.79 bits per heavy atom. The molecule has 33 heavy (non-hydrogen) atoms. The predicted molar refractivity (Wildman–Crippen MR) is 129 cm³/mol. The molecule has 1 aromatic heterocycles. The van der Waals surface area contributed by atoms with Crippen LogP contribution in [0.2, 0.25) is 5.02 Å². The van der Waals surface area contributed by atoms with Crippen molar-refractivity contribution < 1.29 is 9.18 Å². The monoisotopic (exact) mass is 462 g/mol. The van der Waals surface area contributed by atoms with Crippen molar-refractivity contribution in [3.05, 3.63) is 89.5 Å². The maximum absolute atomic E-state index is 13.5. The highest BCUT2D eigenvalue weighted by molar-refractivity contribution is 6.30. The zero-order valence-electron chi connectivity index (χ0n) is 18.0. The number of rotatable bonds is 5. The van der Waals surface area contributed by atoms with Crippen LogP contribution >= 0.6 is 11.6 Å². The number of aromatic nitrogens is 2. The second kappa shape index (κ2) is 9.33. The number of piperidine rings is 1. The summed E-state index contributed by atoms with van der Waals surface area (Å²) in [6.07, 6.45) is 1.56. The minimum absolute atomic E-state index is 0.0313. The normalized spacial score (nSPS) is 15.1. The maximum Gasteiger partial charge on any atom is 0.227 e. The number of likely N-dealkylation sites (tertiary alicyclic amines) is 1. The molecule has 0 radical (unpaired) electrons. The number of nitrogens with one attached hydrogen (secondary N) is 1. The van der Waals surface area contributed by atoms with Gasteiger partial charge in [-0.3, -0.25) is 14.3 Å². The molecule has 1 N–H and O–H groups in total. The Labute approximate surface area is 196 Å². The molecule has 0 saturated carbocycles. The van der Waals surface area contributed by atoms with Gasteiger partial charge in [0, 0.05) is 22.3 Å². The number of nitrogens with zero attached hydrogens (tertiary/aromatic N) is 3. The molecule has 5 nitrogen and oxygen atoms in total. The molecule has 1 aliphatic heterocycles. The Kier molecular flexibility index (Phi) is 6.11. The first kappa shape index (κ1) is 21.6. The number of fused-ring (bicyclic) bond motifs is 1. The third kappa shape index (κ3) is 4.77. The summed E-state index contributed by atoms with van der Waals surface area (Å²) in [6, 6.07) is 21.7. The van der Waals surface area contributed by atoms with Crippen molar-refractivity contribution >= 4 is 34.2 Å². The molecule has 7 heteroatoms. The number of benzene rings is 3. The predicted octanol–water partition coefficient (Wildman–Crippen LogP) is 5.67. The average molecular weight is 463 g/mol. The van der Waals surface area contributed by atoms with Crippen LogP contribution in [0.5, 0.6) is 0 Å². The number of carbonyl (C=O) groups is 1. The molecule has 1 fully saturated rings. The molecule has 1 saturated heterocycles. The van der Waals surface area contributed by atoms with E-state index in [9.17, 15) is 9.18 Å². The molecule has 0 unspecified atom stereocenters. The summed E-state index contributed by atoms with van der Waals surface area (Å²) in [4.78, 5) is 19.9. The van der Waals surface area contributed by atoms with Crippen molar-refractivity contribution in [1.82, 2.24) is 14.5 Å². The van der Waals surface area contributed by atoms with E-state index in [4.69, 9.17) is 16.6 Å². The SMILES string of the molecule is O=C(Nc1cccc(Cl)c1)C1CCN(Cc2nc3ccccc3n2-c2ccc(F)cc2)CC1. The van der Waals surface area contributed by atoms with E-state index in [1.165, 1.54) is 12.1 Å². The molecular weight excluding hydrogens is 439 g/mol. The summed E-state index contributed by atoms with van der Waals surface area (Å²) >= 11 is 6.02. The first-order valence-corrected chi connectivity index (χ1v) is 11.5. The maximum atomic E-state index is 13.5. The van der Waals surface area contributed by atoms with Gasteiger partial charge in [0.2, 0.25) is 5.91 Å². The van der Waals surface area contributed by atoms with Crippen LogP contribution in [0.1, 0.15) is 18.7 Å². The van der Waals surface area contributed by atoms with Gasteiger partial charge in [-0.05, 0) is 80.5 Å². The van der Waals surface area contributed by atoms with Gasteiger partial charge in [0.05, 0.1) is 17.6 Å². The number of para-hydroxylation sites is 2. The van der Waals surface area contributed by atoms with E-state index in [1.807, 2.05) is 36.4 Å². The number of hydrogen-bond donors (Lipinski definition) is 1. The number of imidazole rings is 1. The van der Waals surface area contributed by atoms with Gasteiger partial charge >= 0.3 is 0 Å². The highest BCUT2D eigenvalue weighted by atomic mass is 35.5. The zero-order chi connectivity index (χ0) is 22.8. The molecule has 0 atom stereocenters. The van der Waals surface area contributed by atoms with Gasteiger partial charge in [-0.1, -0.05) is 29.8 Å². The van der Waals surface area contributed by atoms with Gasteiger partial charge in [-0.25, -0.2) is 9.37 Å². The lowest BCUT2D eigenvalue weighted by Gasteiger charge is -2.31. The van der Waals surface area contributed by atoms with E-state index in [1.54, 1.807) is 24.3 Å². The van der Waals surface area contributed by atoms with E-state index < -0.39 is 0 Å². The van der Waals surface area contributed by atoms with Crippen LogP contribution in [-0.2, 0) is 11.3 Å². The highest BCUT2D eigenvalue weighted by Gasteiger charge is 2.26. The van der Waals surface area contributed by atoms with Crippen molar-refractivity contribution in [1.29, 1.82) is 0 Å². The Balaban J connectivity index is 1.29. The fourth-order valence-electron chi connectivity index (χ4n) is 4.42. The van der Waals surface area contributed by atoms with Crippen LogP contribution in [0.15, 0.2) is 72.8 Å². The fraction of sp³-hybridized carbons (Fsp3) is 0.231. The topological polar surface area (TPSA) is 50.2 Å². The third-order valence-corrected chi connectivity index (χ3v) is 6.37. The summed E-state index contributed by atoms with van der Waals surface area (Å²) in [5.74, 6) is 0.652. The second-order valence-corrected chi connectivity index (χ2v) is 8.82. The molecule has 168 valence electrons. The van der Waals surface area contributed by atoms with Gasteiger partial charge < -0.3 is 5.32 Å². The lowest BCUT2D eigenvalue weighted by Crippen LogP contribution is -2.38. The molecule has 4 aromatic rings. The van der Waals surface area contributed by atoms with Crippen molar-refractivity contribution in [3.63, 3.8) is 0 Å². The van der Waals surface area contributed by atoms with Crippen LogP contribution in [0.4, 0.5) is 10.1 Å². The third-order valence-electron chi connectivity index (χ3n) is 6.13. The molecule has 1 aliphatic rings. The van der Waals surface area contributed by atoms with E-state index in [0.29, 0.717) is 11.6 Å². The van der Waals surface area contributed by atoms with E-state index in [2.05, 4.69) is 14.8 Å². The highest BCUT2D eigenvalue weighted by Crippen LogP contribution is 2.26. The lowest BCUT2D eigenvalue weighted by molar-refractivity contribution is -0.121. The smallest absolute Gasteiger partial charge is 0.227 e. The minimum atomic E-state index is -0.261. The zero-order valence-corrected chi connectivity index (χ0v) is 18.8. The van der Waals surface area contributed by atoms with Crippen LogP contribution < -0.4 is 5.32 Å². The van der Waals surface area contributed by atoms with Gasteiger partial charge in [-0.15, -0.1) is 0 Å². The van der Waals surface area contributed by atoms with Crippen molar-refractivity contribution in [2.75, 3.05) is 18.4 Å². The largest absolute Gasteiger partial charge is 0.326 e. The van der Waals surface area contributed by atoms with E-state index >= 15 is 0 Å². The molecular formula is C26H24ClFN4O. The molecule has 0 bridgehead atoms. The summed E-state index contributed by atoms with van der Waals surface area (Å²) < 4.78 is 15.6. The standard InChI is InChI=1S/C26H24ClFN4O/c27-19-4-3-5-21(16-19)29-26(33)18-12-14-31(15-13-18)17-25-30-23-6-1-2-7-24(23)32(25)22-10-8-20(28)9-11-22/h1-11,16,18H,12-15,17H2,(H,29,33). The Morgan fingerprint density at radius 3 is 2.55 bits per heavy atom. The Bertz CT molecular complexity index is 1280. The van der Waals surface area contributed by atoms with Gasteiger partial charge in [0.25, 0.3) is 0 Å². The first-order chi connectivity index (χ1) is 16.1. The van der Waals surface area contributed by atoms with Gasteiger partial charge in [0.1, 0.15) is 11.6 Å². The summed E-state index contributed by atoms with van der Waals surface area (Å²) in [6.45, 7) is 2.27. The molecule has 0 aliphatic carbocycles. The molecule has 5 rings (SSSR count). The number of hydrogen-bond acceptors (Lipinski definition) is 3. The van der Waals surface area contributed by atoms with Crippen LogP contribution in [0.3, 0.4) is 0 Å².